The minimum absolute atomic E-state index is 0.154. The van der Waals surface area contributed by atoms with Gasteiger partial charge in [0.1, 0.15) is 0 Å². The van der Waals surface area contributed by atoms with E-state index in [4.69, 9.17) is 5.84 Å². The Kier molecular flexibility index (Phi) is 4.03. The van der Waals surface area contributed by atoms with Crippen LogP contribution in [-0.4, -0.2) is 46.2 Å². The Morgan fingerprint density at radius 1 is 1.29 bits per heavy atom. The summed E-state index contributed by atoms with van der Waals surface area (Å²) < 4.78 is 0. The van der Waals surface area contributed by atoms with Gasteiger partial charge >= 0.3 is 0 Å². The van der Waals surface area contributed by atoms with Crippen LogP contribution >= 0.6 is 0 Å². The summed E-state index contributed by atoms with van der Waals surface area (Å²) in [7, 11) is 2.20. The van der Waals surface area contributed by atoms with Crippen molar-refractivity contribution < 1.29 is 4.79 Å². The molecule has 1 aromatic heterocycles. The Hall–Kier alpha value is -1.73. The summed E-state index contributed by atoms with van der Waals surface area (Å²) in [5, 5.41) is 10.8. The molecule has 2 aliphatic rings. The number of carbonyl (C=O) groups excluding carboxylic acids is 1. The third-order valence-corrected chi connectivity index (χ3v) is 4.72. The van der Waals surface area contributed by atoms with Crippen LogP contribution in [0.15, 0.2) is 12.1 Å². The van der Waals surface area contributed by atoms with Gasteiger partial charge in [0.2, 0.25) is 0 Å². The van der Waals surface area contributed by atoms with E-state index in [9.17, 15) is 4.79 Å². The minimum Gasteiger partial charge on any atom is -0.348 e. The number of nitrogens with zero attached hydrogens (tertiary/aromatic N) is 3. The number of hydrogen-bond donors (Lipinski definition) is 3. The van der Waals surface area contributed by atoms with Crippen molar-refractivity contribution in [3.8, 4) is 0 Å². The lowest BCUT2D eigenvalue weighted by Gasteiger charge is -2.47. The molecule has 7 nitrogen and oxygen atoms in total. The molecule has 21 heavy (non-hydrogen) atoms. The highest BCUT2D eigenvalue weighted by molar-refractivity contribution is 5.92. The third-order valence-electron chi connectivity index (χ3n) is 4.72. The van der Waals surface area contributed by atoms with Crippen molar-refractivity contribution in [3.63, 3.8) is 0 Å². The second kappa shape index (κ2) is 5.95. The number of aromatic nitrogens is 2. The second-order valence-electron chi connectivity index (χ2n) is 5.99. The Labute approximate surface area is 124 Å². The number of carbonyl (C=O) groups is 1. The van der Waals surface area contributed by atoms with Crippen molar-refractivity contribution in [3.05, 3.63) is 17.8 Å². The van der Waals surface area contributed by atoms with E-state index in [0.29, 0.717) is 23.6 Å². The summed E-state index contributed by atoms with van der Waals surface area (Å²) >= 11 is 0. The molecule has 2 bridgehead atoms. The van der Waals surface area contributed by atoms with E-state index in [1.165, 1.54) is 19.3 Å². The van der Waals surface area contributed by atoms with E-state index >= 15 is 0 Å². The van der Waals surface area contributed by atoms with Crippen LogP contribution in [0.25, 0.3) is 0 Å². The van der Waals surface area contributed by atoms with Gasteiger partial charge in [-0.05, 0) is 44.9 Å². The summed E-state index contributed by atoms with van der Waals surface area (Å²) in [5.74, 6) is 5.52. The Morgan fingerprint density at radius 3 is 2.57 bits per heavy atom. The number of piperidine rings is 2. The predicted octanol–water partition coefficient (Wildman–Crippen LogP) is 0.507. The Bertz CT molecular complexity index is 491. The zero-order chi connectivity index (χ0) is 14.8. The molecular weight excluding hydrogens is 268 g/mol. The van der Waals surface area contributed by atoms with Crippen LogP contribution in [0.2, 0.25) is 0 Å². The molecule has 7 heteroatoms. The van der Waals surface area contributed by atoms with E-state index in [0.717, 1.165) is 12.8 Å². The zero-order valence-corrected chi connectivity index (χ0v) is 12.2. The molecule has 4 N–H and O–H groups in total. The first kappa shape index (κ1) is 14.2. The number of nitrogens with two attached hydrogens (primary N) is 1. The molecule has 0 aromatic carbocycles. The van der Waals surface area contributed by atoms with Crippen molar-refractivity contribution in [2.24, 2.45) is 5.84 Å². The van der Waals surface area contributed by atoms with Crippen LogP contribution in [-0.2, 0) is 0 Å². The summed E-state index contributed by atoms with van der Waals surface area (Å²) in [6.45, 7) is 0. The van der Waals surface area contributed by atoms with Crippen LogP contribution in [0.5, 0.6) is 0 Å². The second-order valence-corrected chi connectivity index (χ2v) is 5.99. The summed E-state index contributed by atoms with van der Waals surface area (Å²) in [4.78, 5) is 14.7. The predicted molar refractivity (Wildman–Crippen MR) is 79.5 cm³/mol. The maximum atomic E-state index is 12.2. The lowest BCUT2D eigenvalue weighted by molar-refractivity contribution is 0.0461. The third kappa shape index (κ3) is 2.98. The molecule has 3 rings (SSSR count). The molecule has 2 unspecified atom stereocenters. The van der Waals surface area contributed by atoms with Gasteiger partial charge in [0.05, 0.1) is 0 Å². The van der Waals surface area contributed by atoms with Crippen molar-refractivity contribution in [2.45, 2.75) is 50.2 Å². The first-order chi connectivity index (χ1) is 10.2. The van der Waals surface area contributed by atoms with Crippen LogP contribution < -0.4 is 16.6 Å². The maximum Gasteiger partial charge on any atom is 0.272 e. The number of fused-ring (bicyclic) bond motifs is 2. The maximum absolute atomic E-state index is 12.2. The quantitative estimate of drug-likeness (QED) is 0.554. The highest BCUT2D eigenvalue weighted by atomic mass is 16.2. The number of anilines is 1. The minimum atomic E-state index is -0.154. The first-order valence-corrected chi connectivity index (χ1v) is 7.50. The van der Waals surface area contributed by atoms with Gasteiger partial charge in [0.15, 0.2) is 11.5 Å². The largest absolute Gasteiger partial charge is 0.348 e. The van der Waals surface area contributed by atoms with Crippen molar-refractivity contribution in [1.29, 1.82) is 0 Å². The average Bonchev–Trinajstić information content (AvgIpc) is 2.48. The molecular formula is C14H22N6O. The van der Waals surface area contributed by atoms with Crippen LogP contribution in [0.3, 0.4) is 0 Å². The van der Waals surface area contributed by atoms with E-state index in [1.54, 1.807) is 12.1 Å². The molecule has 3 heterocycles. The van der Waals surface area contributed by atoms with Crippen molar-refractivity contribution in [2.75, 3.05) is 12.5 Å². The highest BCUT2D eigenvalue weighted by Gasteiger charge is 2.36. The number of rotatable bonds is 3. The van der Waals surface area contributed by atoms with Gasteiger partial charge in [0.25, 0.3) is 5.91 Å². The molecule has 1 aromatic rings. The number of hydrogen-bond acceptors (Lipinski definition) is 6. The smallest absolute Gasteiger partial charge is 0.272 e. The van der Waals surface area contributed by atoms with Gasteiger partial charge in [-0.15, -0.1) is 10.2 Å². The van der Waals surface area contributed by atoms with Gasteiger partial charge in [-0.3, -0.25) is 4.79 Å². The van der Waals surface area contributed by atoms with Crippen molar-refractivity contribution in [1.82, 2.24) is 20.4 Å². The van der Waals surface area contributed by atoms with Crippen molar-refractivity contribution >= 4 is 11.7 Å². The number of nitrogen functional groups attached to an aromatic ring is 1. The molecule has 1 amide bonds. The average molecular weight is 290 g/mol. The van der Waals surface area contributed by atoms with Gasteiger partial charge in [0, 0.05) is 18.1 Å². The fraction of sp³-hybridized carbons (Fsp3) is 0.643. The zero-order valence-electron chi connectivity index (χ0n) is 12.2. The summed E-state index contributed by atoms with van der Waals surface area (Å²) in [6, 6.07) is 4.70. The van der Waals surface area contributed by atoms with Gasteiger partial charge in [-0.2, -0.15) is 0 Å². The topological polar surface area (TPSA) is 96.2 Å². The molecule has 0 saturated carbocycles. The highest BCUT2D eigenvalue weighted by Crippen LogP contribution is 2.32. The molecule has 2 aliphatic heterocycles. The molecule has 2 fully saturated rings. The van der Waals surface area contributed by atoms with Crippen LogP contribution in [0.4, 0.5) is 5.82 Å². The van der Waals surface area contributed by atoms with E-state index < -0.39 is 0 Å². The SMILES string of the molecule is CN1C2CCCC1CC(NC(=O)c1ccc(NN)nn1)C2. The Balaban J connectivity index is 1.62. The molecule has 0 radical (unpaired) electrons. The fourth-order valence-electron chi connectivity index (χ4n) is 3.52. The normalized spacial score (nSPS) is 29.0. The first-order valence-electron chi connectivity index (χ1n) is 7.50. The standard InChI is InChI=1S/C14H22N6O/c1-20-10-3-2-4-11(20)8-9(7-10)16-14(21)12-5-6-13(17-15)19-18-12/h5-6,9-11H,2-4,7-8,15H2,1H3,(H,16,21)(H,17,19). The van der Waals surface area contributed by atoms with E-state index in [1.807, 2.05) is 0 Å². The van der Waals surface area contributed by atoms with Crippen LogP contribution in [0, 0.1) is 0 Å². The number of amides is 1. The number of hydrazine groups is 1. The van der Waals surface area contributed by atoms with E-state index in [2.05, 4.69) is 32.9 Å². The molecule has 0 spiro atoms. The van der Waals surface area contributed by atoms with Gasteiger partial charge < -0.3 is 15.6 Å². The summed E-state index contributed by atoms with van der Waals surface area (Å²) in [6.07, 6.45) is 5.81. The van der Waals surface area contributed by atoms with Crippen LogP contribution in [0.1, 0.15) is 42.6 Å². The molecule has 2 atom stereocenters. The lowest BCUT2D eigenvalue weighted by Crippen LogP contribution is -2.55. The van der Waals surface area contributed by atoms with Gasteiger partial charge in [-0.25, -0.2) is 5.84 Å². The fourth-order valence-corrected chi connectivity index (χ4v) is 3.52. The molecule has 114 valence electrons. The monoisotopic (exact) mass is 290 g/mol. The number of nitrogens with one attached hydrogen (secondary N) is 2. The van der Waals surface area contributed by atoms with Gasteiger partial charge in [-0.1, -0.05) is 6.42 Å². The van der Waals surface area contributed by atoms with E-state index in [-0.39, 0.29) is 11.9 Å². The Morgan fingerprint density at radius 2 is 2.00 bits per heavy atom. The lowest BCUT2D eigenvalue weighted by atomic mass is 9.82. The molecule has 2 saturated heterocycles. The molecule has 0 aliphatic carbocycles. The summed E-state index contributed by atoms with van der Waals surface area (Å²) in [5.41, 5.74) is 2.73.